The highest BCUT2D eigenvalue weighted by Gasteiger charge is 2.34. The number of halogens is 1. The molecule has 1 aliphatic heterocycles. The first-order valence-corrected chi connectivity index (χ1v) is 6.71. The number of rotatable bonds is 3. The van der Waals surface area contributed by atoms with Gasteiger partial charge in [-0.3, -0.25) is 4.79 Å². The summed E-state index contributed by atoms with van der Waals surface area (Å²) in [4.78, 5) is 18.2. The summed E-state index contributed by atoms with van der Waals surface area (Å²) < 4.78 is 0. The first-order chi connectivity index (χ1) is 9.08. The number of anilines is 1. The fourth-order valence-corrected chi connectivity index (χ4v) is 2.70. The molecule has 2 unspecified atom stereocenters. The van der Waals surface area contributed by atoms with Crippen LogP contribution in [-0.2, 0) is 0 Å². The van der Waals surface area contributed by atoms with E-state index in [1.54, 1.807) is 18.0 Å². The molecule has 1 aromatic heterocycles. The van der Waals surface area contributed by atoms with Crippen molar-refractivity contribution in [2.45, 2.75) is 19.4 Å². The van der Waals surface area contributed by atoms with E-state index in [2.05, 4.69) is 10.3 Å². The lowest BCUT2D eigenvalue weighted by atomic mass is 10.0. The van der Waals surface area contributed by atoms with Crippen LogP contribution in [0.25, 0.3) is 0 Å². The number of nitrogens with one attached hydrogen (secondary N) is 1. The van der Waals surface area contributed by atoms with Crippen molar-refractivity contribution in [1.29, 1.82) is 0 Å². The number of hydrogen-bond acceptors (Lipinski definition) is 4. The van der Waals surface area contributed by atoms with Crippen LogP contribution in [0.5, 0.6) is 0 Å². The zero-order valence-electron chi connectivity index (χ0n) is 11.1. The first-order valence-electron chi connectivity index (χ1n) is 6.33. The van der Waals surface area contributed by atoms with Gasteiger partial charge in [0.1, 0.15) is 5.82 Å². The zero-order valence-corrected chi connectivity index (χ0v) is 11.8. The van der Waals surface area contributed by atoms with Crippen molar-refractivity contribution in [2.24, 2.45) is 5.92 Å². The summed E-state index contributed by atoms with van der Waals surface area (Å²) in [6.07, 6.45) is 2.42. The van der Waals surface area contributed by atoms with Gasteiger partial charge in [-0.25, -0.2) is 4.98 Å². The zero-order chi connectivity index (χ0) is 14.0. The molecule has 2 heterocycles. The van der Waals surface area contributed by atoms with Gasteiger partial charge >= 0.3 is 0 Å². The quantitative estimate of drug-likeness (QED) is 0.885. The van der Waals surface area contributed by atoms with Gasteiger partial charge < -0.3 is 15.3 Å². The van der Waals surface area contributed by atoms with Crippen molar-refractivity contribution in [3.05, 3.63) is 22.8 Å². The number of aliphatic hydroxyl groups is 1. The number of amides is 1. The van der Waals surface area contributed by atoms with Crippen LogP contribution in [0.15, 0.2) is 12.3 Å². The Labute approximate surface area is 117 Å². The number of aliphatic hydroxyl groups excluding tert-OH is 1. The molecule has 0 aliphatic carbocycles. The fraction of sp³-hybridized carbons (Fsp3) is 0.538. The molecule has 1 aliphatic rings. The largest absolute Gasteiger partial charge is 0.394 e. The molecule has 1 aromatic rings. The summed E-state index contributed by atoms with van der Waals surface area (Å²) in [6.45, 7) is 2.70. The van der Waals surface area contributed by atoms with Gasteiger partial charge in [0, 0.05) is 19.8 Å². The Bertz CT molecular complexity index is 481. The standard InChI is InChI=1S/C13H18ClN3O2/c1-8-3-4-17(11(8)7-18)13(19)9-5-10(14)12(15-2)16-6-9/h5-6,8,11,18H,3-4,7H2,1-2H3,(H,15,16). The molecule has 5 nitrogen and oxygen atoms in total. The lowest BCUT2D eigenvalue weighted by molar-refractivity contribution is 0.0648. The summed E-state index contributed by atoms with van der Waals surface area (Å²) in [5.74, 6) is 0.737. The molecule has 2 rings (SSSR count). The minimum absolute atomic E-state index is 0.0112. The van der Waals surface area contributed by atoms with Gasteiger partial charge in [-0.05, 0) is 18.4 Å². The van der Waals surface area contributed by atoms with Crippen LogP contribution in [0.4, 0.5) is 5.82 Å². The van der Waals surface area contributed by atoms with Crippen molar-refractivity contribution >= 4 is 23.3 Å². The predicted molar refractivity (Wildman–Crippen MR) is 74.5 cm³/mol. The van der Waals surface area contributed by atoms with Crippen LogP contribution in [0, 0.1) is 5.92 Å². The topological polar surface area (TPSA) is 65.5 Å². The average molecular weight is 284 g/mol. The number of nitrogens with zero attached hydrogens (tertiary/aromatic N) is 2. The molecule has 1 saturated heterocycles. The summed E-state index contributed by atoms with van der Waals surface area (Å²) in [7, 11) is 1.72. The first kappa shape index (κ1) is 14.1. The highest BCUT2D eigenvalue weighted by molar-refractivity contribution is 6.33. The second-order valence-electron chi connectivity index (χ2n) is 4.82. The Morgan fingerprint density at radius 3 is 3.00 bits per heavy atom. The minimum Gasteiger partial charge on any atom is -0.394 e. The Kier molecular flexibility index (Phi) is 4.27. The molecule has 2 atom stereocenters. The summed E-state index contributed by atoms with van der Waals surface area (Å²) in [5, 5.41) is 12.7. The van der Waals surface area contributed by atoms with E-state index in [-0.39, 0.29) is 18.6 Å². The Morgan fingerprint density at radius 1 is 1.68 bits per heavy atom. The SMILES string of the molecule is CNc1ncc(C(=O)N2CCC(C)C2CO)cc1Cl. The van der Waals surface area contributed by atoms with E-state index in [0.717, 1.165) is 6.42 Å². The molecule has 0 radical (unpaired) electrons. The monoisotopic (exact) mass is 283 g/mol. The number of carbonyl (C=O) groups is 1. The summed E-state index contributed by atoms with van der Waals surface area (Å²) in [6, 6.07) is 1.50. The molecule has 6 heteroatoms. The van der Waals surface area contributed by atoms with Gasteiger partial charge in [0.05, 0.1) is 23.2 Å². The van der Waals surface area contributed by atoms with Crippen LogP contribution >= 0.6 is 11.6 Å². The van der Waals surface area contributed by atoms with Gasteiger partial charge in [-0.1, -0.05) is 18.5 Å². The lowest BCUT2D eigenvalue weighted by Gasteiger charge is -2.25. The van der Waals surface area contributed by atoms with E-state index in [1.165, 1.54) is 6.20 Å². The summed E-state index contributed by atoms with van der Waals surface area (Å²) in [5.41, 5.74) is 0.455. The molecule has 0 bridgehead atoms. The highest BCUT2D eigenvalue weighted by Crippen LogP contribution is 2.27. The average Bonchev–Trinajstić information content (AvgIpc) is 2.78. The maximum atomic E-state index is 12.4. The minimum atomic E-state index is -0.125. The van der Waals surface area contributed by atoms with Crippen molar-refractivity contribution in [1.82, 2.24) is 9.88 Å². The van der Waals surface area contributed by atoms with Crippen LogP contribution in [0.2, 0.25) is 5.02 Å². The molecule has 104 valence electrons. The van der Waals surface area contributed by atoms with E-state index in [0.29, 0.717) is 28.9 Å². The number of carbonyl (C=O) groups excluding carboxylic acids is 1. The fourth-order valence-electron chi connectivity index (χ4n) is 2.44. The molecule has 0 aromatic carbocycles. The Hall–Kier alpha value is -1.33. The number of pyridine rings is 1. The van der Waals surface area contributed by atoms with Gasteiger partial charge in [-0.15, -0.1) is 0 Å². The third-order valence-corrected chi connectivity index (χ3v) is 3.94. The van der Waals surface area contributed by atoms with E-state index in [9.17, 15) is 9.90 Å². The van der Waals surface area contributed by atoms with Gasteiger partial charge in [0.25, 0.3) is 5.91 Å². The van der Waals surface area contributed by atoms with Gasteiger partial charge in [0.15, 0.2) is 0 Å². The van der Waals surface area contributed by atoms with Crippen LogP contribution in [-0.4, -0.2) is 47.1 Å². The maximum Gasteiger partial charge on any atom is 0.255 e. The van der Waals surface area contributed by atoms with E-state index < -0.39 is 0 Å². The van der Waals surface area contributed by atoms with Crippen molar-refractivity contribution in [3.63, 3.8) is 0 Å². The van der Waals surface area contributed by atoms with Crippen LogP contribution < -0.4 is 5.32 Å². The molecule has 2 N–H and O–H groups in total. The third kappa shape index (κ3) is 2.67. The molecule has 0 spiro atoms. The number of aromatic nitrogens is 1. The second kappa shape index (κ2) is 5.75. The van der Waals surface area contributed by atoms with Gasteiger partial charge in [-0.2, -0.15) is 0 Å². The van der Waals surface area contributed by atoms with Gasteiger partial charge in [0.2, 0.25) is 0 Å². The van der Waals surface area contributed by atoms with Crippen molar-refractivity contribution in [3.8, 4) is 0 Å². The number of hydrogen-bond donors (Lipinski definition) is 2. The van der Waals surface area contributed by atoms with Crippen molar-refractivity contribution < 1.29 is 9.90 Å². The molecule has 1 fully saturated rings. The molecule has 0 saturated carbocycles. The smallest absolute Gasteiger partial charge is 0.255 e. The highest BCUT2D eigenvalue weighted by atomic mass is 35.5. The number of likely N-dealkylation sites (tertiary alicyclic amines) is 1. The Morgan fingerprint density at radius 2 is 2.42 bits per heavy atom. The van der Waals surface area contributed by atoms with E-state index in [4.69, 9.17) is 11.6 Å². The Balaban J connectivity index is 2.22. The van der Waals surface area contributed by atoms with Crippen molar-refractivity contribution in [2.75, 3.05) is 25.5 Å². The summed E-state index contributed by atoms with van der Waals surface area (Å²) >= 11 is 6.03. The molecular weight excluding hydrogens is 266 g/mol. The normalized spacial score (nSPS) is 22.6. The molecule has 19 heavy (non-hydrogen) atoms. The second-order valence-corrected chi connectivity index (χ2v) is 5.23. The van der Waals surface area contributed by atoms with Crippen LogP contribution in [0.1, 0.15) is 23.7 Å². The van der Waals surface area contributed by atoms with Crippen LogP contribution in [0.3, 0.4) is 0 Å². The molecular formula is C13H18ClN3O2. The third-order valence-electron chi connectivity index (χ3n) is 3.66. The predicted octanol–water partition coefficient (Wildman–Crippen LogP) is 1.62. The lowest BCUT2D eigenvalue weighted by Crippen LogP contribution is -2.39. The maximum absolute atomic E-state index is 12.4. The van der Waals surface area contributed by atoms with E-state index in [1.807, 2.05) is 6.92 Å². The molecule has 1 amide bonds. The van der Waals surface area contributed by atoms with E-state index >= 15 is 0 Å².